The van der Waals surface area contributed by atoms with Crippen LogP contribution in [-0.2, 0) is 13.0 Å². The molecule has 4 aromatic rings. The minimum atomic E-state index is -2.82. The smallest absolute Gasteiger partial charge is 0.407 e. The van der Waals surface area contributed by atoms with Gasteiger partial charge in [-0.2, -0.15) is 13.9 Å². The van der Waals surface area contributed by atoms with Crippen molar-refractivity contribution in [1.29, 1.82) is 0 Å². The lowest BCUT2D eigenvalue weighted by Crippen LogP contribution is -2.37. The number of H-pyrrole nitrogens is 1. The second kappa shape index (κ2) is 9.23. The van der Waals surface area contributed by atoms with E-state index in [0.717, 1.165) is 63.2 Å². The van der Waals surface area contributed by atoms with Gasteiger partial charge in [0, 0.05) is 49.2 Å². The number of pyridine rings is 1. The Bertz CT molecular complexity index is 1560. The molecule has 0 radical (unpaired) electrons. The number of aryl methyl sites for hydroxylation is 1. The van der Waals surface area contributed by atoms with Gasteiger partial charge in [-0.25, -0.2) is 14.5 Å². The van der Waals surface area contributed by atoms with Gasteiger partial charge in [0.05, 0.1) is 17.8 Å². The van der Waals surface area contributed by atoms with E-state index < -0.39 is 12.6 Å². The molecule has 3 aromatic heterocycles. The number of nitrogens with one attached hydrogen (secondary N) is 1. The zero-order chi connectivity index (χ0) is 26.6. The topological polar surface area (TPSA) is 107 Å². The fourth-order valence-electron chi connectivity index (χ4n) is 5.68. The molecule has 2 N–H and O–H groups in total. The fourth-order valence-corrected chi connectivity index (χ4v) is 5.68. The number of hydrogen-bond acceptors (Lipinski definition) is 4. The van der Waals surface area contributed by atoms with E-state index in [0.29, 0.717) is 30.6 Å². The number of hydrogen-bond donors (Lipinski definition) is 2. The van der Waals surface area contributed by atoms with Crippen molar-refractivity contribution in [2.24, 2.45) is 0 Å². The van der Waals surface area contributed by atoms with Crippen LogP contribution in [0.5, 0.6) is 0 Å². The molecule has 1 saturated heterocycles. The zero-order valence-electron chi connectivity index (χ0n) is 20.7. The number of amides is 2. The van der Waals surface area contributed by atoms with Crippen molar-refractivity contribution in [3.63, 3.8) is 0 Å². The molecule has 0 aliphatic carbocycles. The molecule has 1 fully saturated rings. The van der Waals surface area contributed by atoms with Crippen LogP contribution in [0.1, 0.15) is 58.0 Å². The van der Waals surface area contributed by atoms with Crippen molar-refractivity contribution in [2.75, 3.05) is 13.1 Å². The number of fused-ring (bicyclic) bond motifs is 2. The van der Waals surface area contributed by atoms with E-state index in [1.54, 1.807) is 4.90 Å². The molecule has 2 amide bonds. The molecule has 5 heterocycles. The third kappa shape index (κ3) is 4.07. The first kappa shape index (κ1) is 24.1. The number of carbonyl (C=O) groups excluding carboxylic acids is 1. The Morgan fingerprint density at radius 3 is 2.76 bits per heavy atom. The van der Waals surface area contributed by atoms with E-state index in [2.05, 4.69) is 27.2 Å². The van der Waals surface area contributed by atoms with Crippen LogP contribution in [0, 0.1) is 6.92 Å². The molecule has 2 aliphatic heterocycles. The Morgan fingerprint density at radius 2 is 2.00 bits per heavy atom. The Morgan fingerprint density at radius 1 is 1.16 bits per heavy atom. The molecule has 11 heteroatoms. The largest absolute Gasteiger partial charge is 0.465 e. The van der Waals surface area contributed by atoms with Gasteiger partial charge < -0.3 is 19.9 Å². The number of halogens is 2. The SMILES string of the molecule is Cc1c[nH]c2ncc(-c3cc4c(c([C@@H]5CCCN5C(=O)O)c3)CN(C(=O)c3cnn(C(F)F)c3)CC4)cc12. The number of likely N-dealkylation sites (tertiary alicyclic amines) is 1. The molecule has 38 heavy (non-hydrogen) atoms. The number of benzene rings is 1. The molecule has 9 nitrogen and oxygen atoms in total. The van der Waals surface area contributed by atoms with Gasteiger partial charge in [-0.15, -0.1) is 0 Å². The second-order valence-corrected chi connectivity index (χ2v) is 9.89. The summed E-state index contributed by atoms with van der Waals surface area (Å²) in [6.45, 7) is 0.321. The van der Waals surface area contributed by atoms with Gasteiger partial charge in [0.1, 0.15) is 5.65 Å². The summed E-state index contributed by atoms with van der Waals surface area (Å²) >= 11 is 0. The van der Waals surface area contributed by atoms with Crippen molar-refractivity contribution < 1.29 is 23.5 Å². The molecule has 196 valence electrons. The lowest BCUT2D eigenvalue weighted by atomic mass is 9.86. The van der Waals surface area contributed by atoms with Crippen molar-refractivity contribution in [1.82, 2.24) is 29.5 Å². The molecule has 0 spiro atoms. The maximum Gasteiger partial charge on any atom is 0.407 e. The van der Waals surface area contributed by atoms with Gasteiger partial charge in [-0.1, -0.05) is 6.07 Å². The normalized spacial score (nSPS) is 17.4. The third-order valence-corrected chi connectivity index (χ3v) is 7.64. The molecule has 1 aromatic carbocycles. The maximum atomic E-state index is 13.2. The van der Waals surface area contributed by atoms with Gasteiger partial charge in [-0.05, 0) is 66.1 Å². The molecule has 2 aliphatic rings. The molecular formula is C27H26F2N6O3. The van der Waals surface area contributed by atoms with Gasteiger partial charge in [0.25, 0.3) is 5.91 Å². The quantitative estimate of drug-likeness (QED) is 0.387. The number of aromatic amines is 1. The van der Waals surface area contributed by atoms with E-state index in [1.807, 2.05) is 25.4 Å². The highest BCUT2D eigenvalue weighted by atomic mass is 19.3. The molecule has 0 bridgehead atoms. The Labute approximate surface area is 216 Å². The first-order chi connectivity index (χ1) is 18.3. The lowest BCUT2D eigenvalue weighted by molar-refractivity contribution is 0.0563. The van der Waals surface area contributed by atoms with Crippen LogP contribution in [0.25, 0.3) is 22.2 Å². The highest BCUT2D eigenvalue weighted by Crippen LogP contribution is 2.40. The predicted octanol–water partition coefficient (Wildman–Crippen LogP) is 5.14. The van der Waals surface area contributed by atoms with Gasteiger partial charge in [0.15, 0.2) is 0 Å². The van der Waals surface area contributed by atoms with Crippen molar-refractivity contribution in [3.05, 3.63) is 70.8 Å². The summed E-state index contributed by atoms with van der Waals surface area (Å²) in [7, 11) is 0. The maximum absolute atomic E-state index is 13.2. The van der Waals surface area contributed by atoms with Crippen LogP contribution < -0.4 is 0 Å². The van der Waals surface area contributed by atoms with E-state index in [9.17, 15) is 23.5 Å². The van der Waals surface area contributed by atoms with Crippen LogP contribution >= 0.6 is 0 Å². The van der Waals surface area contributed by atoms with Gasteiger partial charge in [0.2, 0.25) is 0 Å². The minimum Gasteiger partial charge on any atom is -0.465 e. The summed E-state index contributed by atoms with van der Waals surface area (Å²) in [4.78, 5) is 36.0. The summed E-state index contributed by atoms with van der Waals surface area (Å²) < 4.78 is 26.5. The number of carboxylic acid groups (broad SMARTS) is 1. The number of aromatic nitrogens is 4. The van der Waals surface area contributed by atoms with E-state index in [1.165, 1.54) is 4.90 Å². The van der Waals surface area contributed by atoms with Crippen LogP contribution in [0.2, 0.25) is 0 Å². The zero-order valence-corrected chi connectivity index (χ0v) is 20.7. The van der Waals surface area contributed by atoms with Crippen LogP contribution in [0.15, 0.2) is 43.0 Å². The summed E-state index contributed by atoms with van der Waals surface area (Å²) in [5.41, 5.74) is 6.72. The monoisotopic (exact) mass is 520 g/mol. The van der Waals surface area contributed by atoms with Gasteiger partial charge >= 0.3 is 12.6 Å². The molecule has 1 atom stereocenters. The van der Waals surface area contributed by atoms with E-state index >= 15 is 0 Å². The average molecular weight is 521 g/mol. The third-order valence-electron chi connectivity index (χ3n) is 7.64. The molecule has 0 unspecified atom stereocenters. The highest BCUT2D eigenvalue weighted by Gasteiger charge is 2.34. The summed E-state index contributed by atoms with van der Waals surface area (Å²) in [5.74, 6) is -0.378. The summed E-state index contributed by atoms with van der Waals surface area (Å²) in [5, 5.41) is 14.5. The highest BCUT2D eigenvalue weighted by molar-refractivity contribution is 5.94. The lowest BCUT2D eigenvalue weighted by Gasteiger charge is -2.33. The summed E-state index contributed by atoms with van der Waals surface area (Å²) in [6.07, 6.45) is 6.97. The minimum absolute atomic E-state index is 0.0983. The fraction of sp³-hybridized carbons (Fsp3) is 0.333. The standard InChI is InChI=1S/C27H26F2N6O3/c1-15-10-30-24-20(15)9-18(11-31-24)17-7-16-4-6-33(25(36)19-12-32-35(13-19)26(28)29)14-22(16)21(8-17)23-3-2-5-34(23)27(37)38/h7-13,23,26H,2-6,14H2,1H3,(H,30,31)(H,37,38)/t23-/m0/s1. The number of rotatable bonds is 4. The number of nitrogens with zero attached hydrogens (tertiary/aromatic N) is 5. The molecule has 0 saturated carbocycles. The molecule has 6 rings (SSSR count). The first-order valence-electron chi connectivity index (χ1n) is 12.5. The Kier molecular flexibility index (Phi) is 5.85. The predicted molar refractivity (Wildman–Crippen MR) is 135 cm³/mol. The van der Waals surface area contributed by atoms with E-state index in [4.69, 9.17) is 0 Å². The summed E-state index contributed by atoms with van der Waals surface area (Å²) in [6, 6.07) is 5.88. The van der Waals surface area contributed by atoms with Crippen LogP contribution in [0.4, 0.5) is 13.6 Å². The van der Waals surface area contributed by atoms with E-state index in [-0.39, 0.29) is 24.1 Å². The Hall–Kier alpha value is -4.28. The van der Waals surface area contributed by atoms with Gasteiger partial charge in [-0.3, -0.25) is 4.79 Å². The number of alkyl halides is 2. The first-order valence-corrected chi connectivity index (χ1v) is 12.5. The van der Waals surface area contributed by atoms with Crippen LogP contribution in [0.3, 0.4) is 0 Å². The Balaban J connectivity index is 1.41. The van der Waals surface area contributed by atoms with Crippen molar-refractivity contribution >= 4 is 23.0 Å². The molecular weight excluding hydrogens is 494 g/mol. The average Bonchev–Trinajstić information content (AvgIpc) is 3.67. The van der Waals surface area contributed by atoms with Crippen LogP contribution in [-0.4, -0.2) is 59.7 Å². The van der Waals surface area contributed by atoms with Crippen molar-refractivity contribution in [3.8, 4) is 11.1 Å². The second-order valence-electron chi connectivity index (χ2n) is 9.89. The number of carbonyl (C=O) groups is 2. The van der Waals surface area contributed by atoms with Crippen molar-refractivity contribution in [2.45, 2.75) is 45.3 Å².